The zero-order valence-electron chi connectivity index (χ0n) is 9.41. The second-order valence-corrected chi connectivity index (χ2v) is 5.89. The van der Waals surface area contributed by atoms with Gasteiger partial charge in [-0.05, 0) is 18.4 Å². The van der Waals surface area contributed by atoms with E-state index in [2.05, 4.69) is 0 Å². The Morgan fingerprint density at radius 2 is 1.71 bits per heavy atom. The summed E-state index contributed by atoms with van der Waals surface area (Å²) in [6, 6.07) is 9.31. The summed E-state index contributed by atoms with van der Waals surface area (Å²) in [7, 11) is -3.64. The van der Waals surface area contributed by atoms with E-state index >= 15 is 0 Å². The lowest BCUT2D eigenvalue weighted by Crippen LogP contribution is -2.47. The van der Waals surface area contributed by atoms with E-state index in [0.717, 1.165) is 5.56 Å². The summed E-state index contributed by atoms with van der Waals surface area (Å²) >= 11 is 0. The molecule has 1 saturated heterocycles. The average molecular weight is 256 g/mol. The second kappa shape index (κ2) is 4.38. The summed E-state index contributed by atoms with van der Waals surface area (Å²) in [5.74, 6) is 0. The van der Waals surface area contributed by atoms with E-state index in [4.69, 9.17) is 5.14 Å². The van der Waals surface area contributed by atoms with Crippen LogP contribution in [0, 0.1) is 0 Å². The van der Waals surface area contributed by atoms with Gasteiger partial charge in [-0.2, -0.15) is 12.7 Å². The predicted octanol–water partition coefficient (Wildman–Crippen LogP) is 0.174. The van der Waals surface area contributed by atoms with E-state index in [9.17, 15) is 13.5 Å². The molecule has 1 heterocycles. The Morgan fingerprint density at radius 1 is 1.18 bits per heavy atom. The molecule has 1 aliphatic rings. The molecule has 6 heteroatoms. The number of hydrogen-bond acceptors (Lipinski definition) is 3. The smallest absolute Gasteiger partial charge is 0.276 e. The lowest BCUT2D eigenvalue weighted by Gasteiger charge is -2.37. The van der Waals surface area contributed by atoms with E-state index < -0.39 is 15.8 Å². The standard InChI is InChI=1S/C11H16N2O3S/c12-17(15,16)13-8-6-11(14,7-9-13)10-4-2-1-3-5-10/h1-5,14H,6-9H2,(H2,12,15,16). The molecule has 0 spiro atoms. The van der Waals surface area contributed by atoms with Gasteiger partial charge in [-0.15, -0.1) is 0 Å². The Kier molecular flexibility index (Phi) is 3.22. The number of nitrogens with zero attached hydrogens (tertiary/aromatic N) is 1. The van der Waals surface area contributed by atoms with E-state index in [0.29, 0.717) is 12.8 Å². The van der Waals surface area contributed by atoms with Crippen molar-refractivity contribution < 1.29 is 13.5 Å². The Balaban J connectivity index is 2.13. The van der Waals surface area contributed by atoms with Crippen LogP contribution in [-0.4, -0.2) is 30.9 Å². The van der Waals surface area contributed by atoms with Crippen LogP contribution in [0.15, 0.2) is 30.3 Å². The number of nitrogens with two attached hydrogens (primary N) is 1. The minimum absolute atomic E-state index is 0.254. The van der Waals surface area contributed by atoms with Gasteiger partial charge in [0, 0.05) is 13.1 Å². The highest BCUT2D eigenvalue weighted by Crippen LogP contribution is 2.32. The average Bonchev–Trinajstić information content (AvgIpc) is 2.29. The first-order valence-electron chi connectivity index (χ1n) is 5.48. The predicted molar refractivity (Wildman–Crippen MR) is 64.3 cm³/mol. The molecule has 0 unspecified atom stereocenters. The molecule has 0 saturated carbocycles. The van der Waals surface area contributed by atoms with Gasteiger partial charge >= 0.3 is 0 Å². The summed E-state index contributed by atoms with van der Waals surface area (Å²) in [6.07, 6.45) is 0.737. The lowest BCUT2D eigenvalue weighted by atomic mass is 9.85. The van der Waals surface area contributed by atoms with Crippen molar-refractivity contribution in [3.05, 3.63) is 35.9 Å². The fraction of sp³-hybridized carbons (Fsp3) is 0.455. The van der Waals surface area contributed by atoms with Gasteiger partial charge in [0.15, 0.2) is 0 Å². The van der Waals surface area contributed by atoms with Crippen LogP contribution in [0.2, 0.25) is 0 Å². The maximum Gasteiger partial charge on any atom is 0.276 e. The van der Waals surface area contributed by atoms with Gasteiger partial charge in [0.25, 0.3) is 10.2 Å². The molecular formula is C11H16N2O3S. The van der Waals surface area contributed by atoms with E-state index in [-0.39, 0.29) is 13.1 Å². The summed E-state index contributed by atoms with van der Waals surface area (Å²) in [6.45, 7) is 0.508. The van der Waals surface area contributed by atoms with Crippen LogP contribution in [0.1, 0.15) is 18.4 Å². The van der Waals surface area contributed by atoms with Gasteiger partial charge in [-0.1, -0.05) is 30.3 Å². The number of rotatable bonds is 2. The van der Waals surface area contributed by atoms with Crippen molar-refractivity contribution in [2.75, 3.05) is 13.1 Å². The maximum atomic E-state index is 11.2. The third-order valence-corrected chi connectivity index (χ3v) is 4.31. The molecular weight excluding hydrogens is 240 g/mol. The first kappa shape index (κ1) is 12.5. The molecule has 1 aliphatic heterocycles. The highest BCUT2D eigenvalue weighted by molar-refractivity contribution is 7.86. The molecule has 0 atom stereocenters. The quantitative estimate of drug-likeness (QED) is 0.791. The molecule has 1 aromatic rings. The van der Waals surface area contributed by atoms with Gasteiger partial charge in [0.2, 0.25) is 0 Å². The molecule has 0 aromatic heterocycles. The Hall–Kier alpha value is -0.950. The van der Waals surface area contributed by atoms with Crippen molar-refractivity contribution in [3.8, 4) is 0 Å². The highest BCUT2D eigenvalue weighted by atomic mass is 32.2. The van der Waals surface area contributed by atoms with Crippen molar-refractivity contribution >= 4 is 10.2 Å². The fourth-order valence-corrected chi connectivity index (χ4v) is 2.84. The maximum absolute atomic E-state index is 11.2. The second-order valence-electron chi connectivity index (χ2n) is 4.34. The van der Waals surface area contributed by atoms with Gasteiger partial charge in [-0.3, -0.25) is 0 Å². The molecule has 1 fully saturated rings. The molecule has 0 amide bonds. The van der Waals surface area contributed by atoms with Crippen molar-refractivity contribution in [2.24, 2.45) is 5.14 Å². The van der Waals surface area contributed by atoms with Crippen molar-refractivity contribution in [1.29, 1.82) is 0 Å². The SMILES string of the molecule is NS(=O)(=O)N1CCC(O)(c2ccccc2)CC1. The third-order valence-electron chi connectivity index (χ3n) is 3.22. The summed E-state index contributed by atoms with van der Waals surface area (Å²) in [4.78, 5) is 0. The molecule has 0 bridgehead atoms. The topological polar surface area (TPSA) is 83.6 Å². The van der Waals surface area contributed by atoms with Crippen molar-refractivity contribution in [1.82, 2.24) is 4.31 Å². The summed E-state index contributed by atoms with van der Waals surface area (Å²) in [5.41, 5.74) is -0.114. The summed E-state index contributed by atoms with van der Waals surface area (Å²) < 4.78 is 23.5. The third kappa shape index (κ3) is 2.66. The molecule has 5 nitrogen and oxygen atoms in total. The normalized spacial score (nSPS) is 21.3. The summed E-state index contributed by atoms with van der Waals surface area (Å²) in [5, 5.41) is 15.5. The minimum Gasteiger partial charge on any atom is -0.385 e. The van der Waals surface area contributed by atoms with E-state index in [1.807, 2.05) is 30.3 Å². The van der Waals surface area contributed by atoms with Crippen LogP contribution < -0.4 is 5.14 Å². The van der Waals surface area contributed by atoms with E-state index in [1.165, 1.54) is 4.31 Å². The van der Waals surface area contributed by atoms with Crippen molar-refractivity contribution in [2.45, 2.75) is 18.4 Å². The Labute approximate surface area is 101 Å². The molecule has 94 valence electrons. The zero-order valence-corrected chi connectivity index (χ0v) is 10.2. The monoisotopic (exact) mass is 256 g/mol. The fourth-order valence-electron chi connectivity index (χ4n) is 2.15. The van der Waals surface area contributed by atoms with Crippen LogP contribution in [0.25, 0.3) is 0 Å². The number of piperidine rings is 1. The molecule has 17 heavy (non-hydrogen) atoms. The van der Waals surface area contributed by atoms with Gasteiger partial charge in [0.1, 0.15) is 0 Å². The number of hydrogen-bond donors (Lipinski definition) is 2. The van der Waals surface area contributed by atoms with Gasteiger partial charge in [-0.25, -0.2) is 5.14 Å². The molecule has 0 aliphatic carbocycles. The van der Waals surface area contributed by atoms with Crippen LogP contribution in [0.5, 0.6) is 0 Å². The van der Waals surface area contributed by atoms with Gasteiger partial charge in [0.05, 0.1) is 5.60 Å². The lowest BCUT2D eigenvalue weighted by molar-refractivity contribution is -0.00959. The molecule has 0 radical (unpaired) electrons. The van der Waals surface area contributed by atoms with Crippen LogP contribution in [0.4, 0.5) is 0 Å². The molecule has 1 aromatic carbocycles. The molecule has 3 N–H and O–H groups in total. The number of aliphatic hydroxyl groups is 1. The first-order valence-corrected chi connectivity index (χ1v) is 6.98. The highest BCUT2D eigenvalue weighted by Gasteiger charge is 2.36. The van der Waals surface area contributed by atoms with Crippen LogP contribution >= 0.6 is 0 Å². The zero-order chi connectivity index (χ0) is 12.5. The molecule has 2 rings (SSSR count). The van der Waals surface area contributed by atoms with Crippen LogP contribution in [-0.2, 0) is 15.8 Å². The van der Waals surface area contributed by atoms with Gasteiger partial charge < -0.3 is 5.11 Å². The Morgan fingerprint density at radius 3 is 2.18 bits per heavy atom. The number of benzene rings is 1. The minimum atomic E-state index is -3.64. The van der Waals surface area contributed by atoms with E-state index in [1.54, 1.807) is 0 Å². The first-order chi connectivity index (χ1) is 7.92. The largest absolute Gasteiger partial charge is 0.385 e. The van der Waals surface area contributed by atoms with Crippen molar-refractivity contribution in [3.63, 3.8) is 0 Å². The van der Waals surface area contributed by atoms with Crippen LogP contribution in [0.3, 0.4) is 0 Å². The Bertz CT molecular complexity index is 479.